The highest BCUT2D eigenvalue weighted by Gasteiger charge is 2.31. The fraction of sp³-hybridized carbons (Fsp3) is 0.286. The quantitative estimate of drug-likeness (QED) is 0.902. The minimum atomic E-state index is -0.327. The van der Waals surface area contributed by atoms with Crippen LogP contribution in [0.1, 0.15) is 24.9 Å². The average Bonchev–Trinajstić information content (AvgIpc) is 2.99. The highest BCUT2D eigenvalue weighted by atomic mass is 32.1. The van der Waals surface area contributed by atoms with Crippen molar-refractivity contribution >= 4 is 33.3 Å². The van der Waals surface area contributed by atoms with Gasteiger partial charge in [0.15, 0.2) is 5.96 Å². The summed E-state index contributed by atoms with van der Waals surface area (Å²) in [6.07, 6.45) is 0.965. The molecule has 2 N–H and O–H groups in total. The maximum atomic E-state index is 12.0. The summed E-state index contributed by atoms with van der Waals surface area (Å²) in [7, 11) is 0. The monoisotopic (exact) mass is 273 g/mol. The number of hydrogen-bond donors (Lipinski definition) is 2. The molecule has 1 aliphatic rings. The van der Waals surface area contributed by atoms with Crippen molar-refractivity contribution in [3.63, 3.8) is 0 Å². The molecule has 1 unspecified atom stereocenters. The zero-order valence-electron chi connectivity index (χ0n) is 10.6. The van der Waals surface area contributed by atoms with Gasteiger partial charge in [0, 0.05) is 16.8 Å². The predicted molar refractivity (Wildman–Crippen MR) is 78.4 cm³/mol. The topological polar surface area (TPSA) is 53.5 Å². The highest BCUT2D eigenvalue weighted by Crippen LogP contribution is 2.31. The van der Waals surface area contributed by atoms with Gasteiger partial charge < -0.3 is 5.32 Å². The van der Waals surface area contributed by atoms with Crippen LogP contribution in [0, 0.1) is 0 Å². The number of rotatable bonds is 3. The Kier molecular flexibility index (Phi) is 3.21. The fourth-order valence-electron chi connectivity index (χ4n) is 2.18. The van der Waals surface area contributed by atoms with Gasteiger partial charge in [0.2, 0.25) is 0 Å². The second-order valence-electron chi connectivity index (χ2n) is 4.48. The summed E-state index contributed by atoms with van der Waals surface area (Å²) in [6.45, 7) is 2.78. The molecule has 98 valence electrons. The first-order valence-electron chi connectivity index (χ1n) is 6.37. The standard InChI is InChI=1S/C14H15N3OS/c1-2-7-15-14-16-12(13(18)17-14)10-8-19-11-6-4-3-5-9(10)11/h3-6,8,12H,2,7H2,1H3,(H2,15,16,17,18). The van der Waals surface area contributed by atoms with E-state index in [1.165, 1.54) is 4.70 Å². The molecule has 1 aromatic heterocycles. The van der Waals surface area contributed by atoms with Crippen molar-refractivity contribution < 1.29 is 4.79 Å². The molecule has 0 bridgehead atoms. The maximum Gasteiger partial charge on any atom is 0.253 e. The third kappa shape index (κ3) is 2.21. The van der Waals surface area contributed by atoms with Crippen molar-refractivity contribution in [3.05, 3.63) is 35.2 Å². The Morgan fingerprint density at radius 2 is 2.21 bits per heavy atom. The van der Waals surface area contributed by atoms with Crippen molar-refractivity contribution in [1.29, 1.82) is 0 Å². The zero-order chi connectivity index (χ0) is 13.2. The summed E-state index contributed by atoms with van der Waals surface area (Å²) in [5, 5.41) is 9.14. The van der Waals surface area contributed by atoms with Crippen LogP contribution >= 0.6 is 11.3 Å². The van der Waals surface area contributed by atoms with Crippen molar-refractivity contribution in [2.45, 2.75) is 19.4 Å². The highest BCUT2D eigenvalue weighted by molar-refractivity contribution is 7.17. The number of hydrogen-bond acceptors (Lipinski definition) is 3. The number of fused-ring (bicyclic) bond motifs is 1. The molecule has 3 rings (SSSR count). The molecule has 2 heterocycles. The second-order valence-corrected chi connectivity index (χ2v) is 5.40. The van der Waals surface area contributed by atoms with Gasteiger partial charge in [0.05, 0.1) is 0 Å². The van der Waals surface area contributed by atoms with Crippen LogP contribution in [0.4, 0.5) is 0 Å². The Morgan fingerprint density at radius 3 is 3.05 bits per heavy atom. The summed E-state index contributed by atoms with van der Waals surface area (Å²) < 4.78 is 1.20. The Hall–Kier alpha value is -1.88. The Morgan fingerprint density at radius 1 is 1.37 bits per heavy atom. The summed E-state index contributed by atoms with van der Waals surface area (Å²) in [4.78, 5) is 16.3. The van der Waals surface area contributed by atoms with E-state index in [-0.39, 0.29) is 11.9 Å². The van der Waals surface area contributed by atoms with Crippen LogP contribution in [0.3, 0.4) is 0 Å². The fourth-order valence-corrected chi connectivity index (χ4v) is 3.16. The van der Waals surface area contributed by atoms with Crippen LogP contribution in [-0.4, -0.2) is 18.4 Å². The van der Waals surface area contributed by atoms with Crippen LogP contribution in [0.25, 0.3) is 10.1 Å². The van der Waals surface area contributed by atoms with Gasteiger partial charge in [-0.2, -0.15) is 0 Å². The Labute approximate surface area is 115 Å². The molecule has 4 nitrogen and oxygen atoms in total. The number of amides is 1. The normalized spacial score (nSPS) is 20.8. The largest absolute Gasteiger partial charge is 0.340 e. The predicted octanol–water partition coefficient (Wildman–Crippen LogP) is 2.43. The van der Waals surface area contributed by atoms with Crippen molar-refractivity contribution in [2.75, 3.05) is 6.54 Å². The molecule has 1 amide bonds. The molecular weight excluding hydrogens is 258 g/mol. The van der Waals surface area contributed by atoms with E-state index in [4.69, 9.17) is 0 Å². The third-order valence-electron chi connectivity index (χ3n) is 3.10. The molecular formula is C14H15N3OS. The van der Waals surface area contributed by atoms with Gasteiger partial charge in [-0.15, -0.1) is 11.3 Å². The second kappa shape index (κ2) is 5.01. The zero-order valence-corrected chi connectivity index (χ0v) is 11.5. The van der Waals surface area contributed by atoms with E-state index in [0.717, 1.165) is 23.9 Å². The van der Waals surface area contributed by atoms with E-state index in [9.17, 15) is 4.79 Å². The SMILES string of the molecule is CCCN=C1NC(=O)C(c2csc3ccccc23)N1. The van der Waals surface area contributed by atoms with Crippen LogP contribution in [0.5, 0.6) is 0 Å². The molecule has 19 heavy (non-hydrogen) atoms. The maximum absolute atomic E-state index is 12.0. The number of nitrogens with one attached hydrogen (secondary N) is 2. The van der Waals surface area contributed by atoms with Gasteiger partial charge in [-0.3, -0.25) is 15.1 Å². The van der Waals surface area contributed by atoms with Crippen molar-refractivity contribution in [3.8, 4) is 0 Å². The van der Waals surface area contributed by atoms with E-state index >= 15 is 0 Å². The minimum Gasteiger partial charge on any atom is -0.340 e. The van der Waals surface area contributed by atoms with Crippen molar-refractivity contribution in [1.82, 2.24) is 10.6 Å². The van der Waals surface area contributed by atoms with Gasteiger partial charge in [-0.1, -0.05) is 25.1 Å². The lowest BCUT2D eigenvalue weighted by Crippen LogP contribution is -2.25. The first kappa shape index (κ1) is 12.2. The van der Waals surface area contributed by atoms with Crippen LogP contribution in [0.15, 0.2) is 34.6 Å². The molecule has 1 aromatic carbocycles. The Bertz CT molecular complexity index is 647. The van der Waals surface area contributed by atoms with Crippen LogP contribution in [0.2, 0.25) is 0 Å². The van der Waals surface area contributed by atoms with Crippen molar-refractivity contribution in [2.24, 2.45) is 4.99 Å². The Balaban J connectivity index is 1.92. The molecule has 1 atom stereocenters. The van der Waals surface area contributed by atoms with Crippen LogP contribution < -0.4 is 10.6 Å². The number of carbonyl (C=O) groups is 1. The first-order valence-corrected chi connectivity index (χ1v) is 7.25. The molecule has 5 heteroatoms. The van der Waals surface area contributed by atoms with Gasteiger partial charge in [-0.05, 0) is 23.3 Å². The van der Waals surface area contributed by atoms with E-state index in [1.807, 2.05) is 17.5 Å². The van der Waals surface area contributed by atoms with Gasteiger partial charge in [-0.25, -0.2) is 0 Å². The number of thiophene rings is 1. The first-order chi connectivity index (χ1) is 9.29. The number of carbonyl (C=O) groups excluding carboxylic acids is 1. The molecule has 0 saturated carbocycles. The smallest absolute Gasteiger partial charge is 0.253 e. The molecule has 1 aliphatic heterocycles. The molecule has 1 saturated heterocycles. The summed E-state index contributed by atoms with van der Waals surface area (Å²) in [5.74, 6) is 0.561. The average molecular weight is 273 g/mol. The molecule has 0 aliphatic carbocycles. The lowest BCUT2D eigenvalue weighted by Gasteiger charge is -2.06. The molecule has 0 spiro atoms. The number of benzene rings is 1. The van der Waals surface area contributed by atoms with E-state index in [2.05, 4.69) is 34.7 Å². The van der Waals surface area contributed by atoms with Gasteiger partial charge >= 0.3 is 0 Å². The number of guanidine groups is 1. The third-order valence-corrected chi connectivity index (χ3v) is 4.08. The van der Waals surface area contributed by atoms with Gasteiger partial charge in [0.1, 0.15) is 6.04 Å². The summed E-state index contributed by atoms with van der Waals surface area (Å²) in [5.41, 5.74) is 1.03. The summed E-state index contributed by atoms with van der Waals surface area (Å²) in [6, 6.07) is 7.81. The number of nitrogens with zero attached hydrogens (tertiary/aromatic N) is 1. The number of aliphatic imine (C=N–C) groups is 1. The van der Waals surface area contributed by atoms with E-state index in [1.54, 1.807) is 11.3 Å². The minimum absolute atomic E-state index is 0.0293. The molecule has 1 fully saturated rings. The van der Waals surface area contributed by atoms with Crippen LogP contribution in [-0.2, 0) is 4.79 Å². The summed E-state index contributed by atoms with van der Waals surface area (Å²) >= 11 is 1.66. The van der Waals surface area contributed by atoms with E-state index < -0.39 is 0 Å². The lowest BCUT2D eigenvalue weighted by atomic mass is 10.1. The molecule has 0 radical (unpaired) electrons. The lowest BCUT2D eigenvalue weighted by molar-refractivity contribution is -0.120. The van der Waals surface area contributed by atoms with E-state index in [0.29, 0.717) is 5.96 Å². The molecule has 2 aromatic rings. The van der Waals surface area contributed by atoms with Gasteiger partial charge in [0.25, 0.3) is 5.91 Å².